The van der Waals surface area contributed by atoms with Gasteiger partial charge in [0.1, 0.15) is 11.5 Å². The van der Waals surface area contributed by atoms with Crippen LogP contribution in [-0.2, 0) is 0 Å². The van der Waals surface area contributed by atoms with Crippen molar-refractivity contribution in [2.45, 2.75) is 32.4 Å². The monoisotopic (exact) mass is 267 g/mol. The van der Waals surface area contributed by atoms with Gasteiger partial charge < -0.3 is 14.6 Å². The lowest BCUT2D eigenvalue weighted by molar-refractivity contribution is -0.00415. The van der Waals surface area contributed by atoms with Crippen molar-refractivity contribution in [3.8, 4) is 11.5 Å². The van der Waals surface area contributed by atoms with Crippen LogP contribution >= 0.6 is 0 Å². The van der Waals surface area contributed by atoms with E-state index in [2.05, 4.69) is 0 Å². The molecular formula is C15H25NO3. The van der Waals surface area contributed by atoms with E-state index in [0.717, 1.165) is 22.6 Å². The molecule has 1 rings (SSSR count). The summed E-state index contributed by atoms with van der Waals surface area (Å²) in [5.41, 5.74) is 1.02. The van der Waals surface area contributed by atoms with Gasteiger partial charge in [-0.2, -0.15) is 0 Å². The highest BCUT2D eigenvalue weighted by molar-refractivity contribution is 5.51. The molecule has 1 atom stereocenters. The Labute approximate surface area is 115 Å². The average Bonchev–Trinajstić information content (AvgIpc) is 2.27. The Kier molecular flexibility index (Phi) is 4.82. The summed E-state index contributed by atoms with van der Waals surface area (Å²) in [6.07, 6.45) is 0. The zero-order chi connectivity index (χ0) is 14.8. The van der Waals surface area contributed by atoms with E-state index < -0.39 is 5.60 Å². The molecule has 0 radical (unpaired) electrons. The van der Waals surface area contributed by atoms with Gasteiger partial charge in [-0.3, -0.25) is 4.90 Å². The molecule has 1 N–H and O–H groups in total. The lowest BCUT2D eigenvalue weighted by Gasteiger charge is -2.36. The molecule has 0 aliphatic carbocycles. The second-order valence-corrected chi connectivity index (χ2v) is 5.54. The maximum Gasteiger partial charge on any atom is 0.130 e. The first kappa shape index (κ1) is 15.8. The predicted octanol–water partition coefficient (Wildman–Crippen LogP) is 2.39. The summed E-state index contributed by atoms with van der Waals surface area (Å²) >= 11 is 0. The number of benzene rings is 1. The summed E-state index contributed by atoms with van der Waals surface area (Å²) in [5.74, 6) is 1.55. The number of hydrogen-bond donors (Lipinski definition) is 1. The third-order valence-electron chi connectivity index (χ3n) is 3.29. The summed E-state index contributed by atoms with van der Waals surface area (Å²) < 4.78 is 10.8. The number of rotatable bonds is 5. The highest BCUT2D eigenvalue weighted by Crippen LogP contribution is 2.40. The van der Waals surface area contributed by atoms with Crippen LogP contribution in [0, 0.1) is 6.92 Å². The standard InChI is InChI=1S/C15H25NO3/c1-10-12(18-6)9-8-11(13(10)19-7)14(16(4)5)15(2,3)17/h8-9,14,17H,1-7H3. The maximum absolute atomic E-state index is 10.4. The fourth-order valence-electron chi connectivity index (χ4n) is 2.69. The number of ether oxygens (including phenoxy) is 2. The average molecular weight is 267 g/mol. The van der Waals surface area contributed by atoms with Crippen molar-refractivity contribution in [2.24, 2.45) is 0 Å². The molecule has 0 aliphatic heterocycles. The van der Waals surface area contributed by atoms with Gasteiger partial charge in [0.25, 0.3) is 0 Å². The first-order valence-corrected chi connectivity index (χ1v) is 6.34. The molecule has 4 heteroatoms. The molecule has 0 aliphatic rings. The van der Waals surface area contributed by atoms with Crippen LogP contribution in [0.3, 0.4) is 0 Å². The van der Waals surface area contributed by atoms with E-state index in [1.807, 2.05) is 38.1 Å². The van der Waals surface area contributed by atoms with Crippen LogP contribution < -0.4 is 9.47 Å². The van der Waals surface area contributed by atoms with Crippen LogP contribution in [0.5, 0.6) is 11.5 Å². The highest BCUT2D eigenvalue weighted by Gasteiger charge is 2.33. The minimum atomic E-state index is -0.877. The van der Waals surface area contributed by atoms with Gasteiger partial charge >= 0.3 is 0 Å². The van der Waals surface area contributed by atoms with E-state index in [1.54, 1.807) is 28.1 Å². The van der Waals surface area contributed by atoms with Crippen LogP contribution in [0.4, 0.5) is 0 Å². The number of nitrogens with zero attached hydrogens (tertiary/aromatic N) is 1. The zero-order valence-electron chi connectivity index (χ0n) is 12.9. The minimum Gasteiger partial charge on any atom is -0.496 e. The number of hydrogen-bond acceptors (Lipinski definition) is 4. The smallest absolute Gasteiger partial charge is 0.130 e. The van der Waals surface area contributed by atoms with Crippen LogP contribution in [0.25, 0.3) is 0 Å². The lowest BCUT2D eigenvalue weighted by atomic mass is 9.89. The quantitative estimate of drug-likeness (QED) is 0.889. The van der Waals surface area contributed by atoms with E-state index in [1.165, 1.54) is 0 Å². The first-order chi connectivity index (χ1) is 8.73. The van der Waals surface area contributed by atoms with Crippen molar-refractivity contribution in [1.82, 2.24) is 4.90 Å². The first-order valence-electron chi connectivity index (χ1n) is 6.34. The summed E-state index contributed by atoms with van der Waals surface area (Å²) in [4.78, 5) is 1.99. The van der Waals surface area contributed by atoms with Crippen LogP contribution in [0.15, 0.2) is 12.1 Å². The fourth-order valence-corrected chi connectivity index (χ4v) is 2.69. The molecule has 0 saturated heterocycles. The molecule has 1 aromatic carbocycles. The van der Waals surface area contributed by atoms with Crippen molar-refractivity contribution in [2.75, 3.05) is 28.3 Å². The van der Waals surface area contributed by atoms with Crippen LogP contribution in [0.1, 0.15) is 31.0 Å². The molecule has 0 bridgehead atoms. The Hall–Kier alpha value is -1.26. The van der Waals surface area contributed by atoms with Gasteiger partial charge in [0.2, 0.25) is 0 Å². The second kappa shape index (κ2) is 5.80. The molecule has 0 heterocycles. The molecule has 1 aromatic rings. The zero-order valence-corrected chi connectivity index (χ0v) is 12.9. The van der Waals surface area contributed by atoms with E-state index >= 15 is 0 Å². The van der Waals surface area contributed by atoms with Gasteiger partial charge in [-0.25, -0.2) is 0 Å². The highest BCUT2D eigenvalue weighted by atomic mass is 16.5. The summed E-state index contributed by atoms with van der Waals surface area (Å²) in [7, 11) is 7.17. The van der Waals surface area contributed by atoms with Gasteiger partial charge in [0.15, 0.2) is 0 Å². The minimum absolute atomic E-state index is 0.160. The summed E-state index contributed by atoms with van der Waals surface area (Å²) in [6.45, 7) is 5.56. The molecule has 0 fully saturated rings. The Morgan fingerprint density at radius 1 is 1.16 bits per heavy atom. The number of methoxy groups -OCH3 is 2. The summed E-state index contributed by atoms with van der Waals surface area (Å²) in [5, 5.41) is 10.4. The largest absolute Gasteiger partial charge is 0.496 e. The van der Waals surface area contributed by atoms with Gasteiger partial charge in [-0.15, -0.1) is 0 Å². The van der Waals surface area contributed by atoms with Crippen molar-refractivity contribution in [3.63, 3.8) is 0 Å². The van der Waals surface area contributed by atoms with Crippen molar-refractivity contribution >= 4 is 0 Å². The van der Waals surface area contributed by atoms with Crippen molar-refractivity contribution in [1.29, 1.82) is 0 Å². The molecule has 0 spiro atoms. The third-order valence-corrected chi connectivity index (χ3v) is 3.29. The molecule has 108 valence electrons. The molecule has 0 saturated carbocycles. The maximum atomic E-state index is 10.4. The van der Waals surface area contributed by atoms with Gasteiger partial charge in [-0.05, 0) is 47.0 Å². The second-order valence-electron chi connectivity index (χ2n) is 5.54. The fraction of sp³-hybridized carbons (Fsp3) is 0.600. The van der Waals surface area contributed by atoms with Gasteiger partial charge in [-0.1, -0.05) is 0 Å². The Bertz CT molecular complexity index is 436. The molecule has 0 amide bonds. The van der Waals surface area contributed by atoms with Crippen LogP contribution in [-0.4, -0.2) is 43.9 Å². The molecule has 1 unspecified atom stereocenters. The molecule has 19 heavy (non-hydrogen) atoms. The van der Waals surface area contributed by atoms with Gasteiger partial charge in [0, 0.05) is 11.1 Å². The molecule has 4 nitrogen and oxygen atoms in total. The van der Waals surface area contributed by atoms with Crippen LogP contribution in [0.2, 0.25) is 0 Å². The molecular weight excluding hydrogens is 242 g/mol. The SMILES string of the molecule is COc1ccc(C(N(C)C)C(C)(C)O)c(OC)c1C. The molecule has 0 aromatic heterocycles. The van der Waals surface area contributed by atoms with Gasteiger partial charge in [0.05, 0.1) is 25.9 Å². The summed E-state index contributed by atoms with van der Waals surface area (Å²) in [6, 6.07) is 3.70. The Morgan fingerprint density at radius 2 is 1.74 bits per heavy atom. The third kappa shape index (κ3) is 3.19. The normalized spacial score (nSPS) is 13.5. The number of aliphatic hydroxyl groups is 1. The topological polar surface area (TPSA) is 41.9 Å². The number of likely N-dealkylation sites (N-methyl/N-ethyl adjacent to an activating group) is 1. The van der Waals surface area contributed by atoms with E-state index in [-0.39, 0.29) is 6.04 Å². The van der Waals surface area contributed by atoms with Crippen molar-refractivity contribution in [3.05, 3.63) is 23.3 Å². The Balaban J connectivity index is 3.44. The lowest BCUT2D eigenvalue weighted by Crippen LogP contribution is -2.38. The van der Waals surface area contributed by atoms with E-state index in [9.17, 15) is 5.11 Å². The predicted molar refractivity (Wildman–Crippen MR) is 77.0 cm³/mol. The van der Waals surface area contributed by atoms with E-state index in [0.29, 0.717) is 0 Å². The Morgan fingerprint density at radius 3 is 2.11 bits per heavy atom. The van der Waals surface area contributed by atoms with E-state index in [4.69, 9.17) is 9.47 Å². The van der Waals surface area contributed by atoms with Crippen molar-refractivity contribution < 1.29 is 14.6 Å².